The molecule has 1 saturated heterocycles. The van der Waals surface area contributed by atoms with E-state index in [0.29, 0.717) is 6.04 Å². The van der Waals surface area contributed by atoms with E-state index in [1.54, 1.807) is 0 Å². The molecule has 0 aromatic heterocycles. The molecule has 1 unspecified atom stereocenters. The Morgan fingerprint density at radius 2 is 1.86 bits per heavy atom. The van der Waals surface area contributed by atoms with E-state index in [2.05, 4.69) is 12.2 Å². The van der Waals surface area contributed by atoms with E-state index in [-0.39, 0.29) is 6.09 Å². The molecule has 2 rings (SSSR count). The van der Waals surface area contributed by atoms with Crippen LogP contribution in [0.25, 0.3) is 0 Å². The molecule has 2 aliphatic rings. The van der Waals surface area contributed by atoms with Gasteiger partial charge >= 0.3 is 6.09 Å². The van der Waals surface area contributed by atoms with Crippen molar-refractivity contribution in [3.05, 3.63) is 0 Å². The van der Waals surface area contributed by atoms with E-state index < -0.39 is 5.60 Å². The zero-order valence-corrected chi connectivity index (χ0v) is 14.9. The normalized spacial score (nSPS) is 29.6. The van der Waals surface area contributed by atoms with Crippen molar-refractivity contribution in [2.45, 2.75) is 77.9 Å². The predicted octanol–water partition coefficient (Wildman–Crippen LogP) is 3.80. The van der Waals surface area contributed by atoms with Crippen LogP contribution < -0.4 is 5.32 Å². The summed E-state index contributed by atoms with van der Waals surface area (Å²) < 4.78 is 5.44. The Bertz CT molecular complexity index is 357. The molecule has 1 aliphatic heterocycles. The minimum absolute atomic E-state index is 0.168. The van der Waals surface area contributed by atoms with Crippen molar-refractivity contribution < 1.29 is 9.53 Å². The van der Waals surface area contributed by atoms with Gasteiger partial charge in [-0.05, 0) is 52.0 Å². The minimum atomic E-state index is -0.402. The lowest BCUT2D eigenvalue weighted by Gasteiger charge is -2.27. The third kappa shape index (κ3) is 5.79. The summed E-state index contributed by atoms with van der Waals surface area (Å²) in [6.07, 6.45) is 7.77. The third-order valence-electron chi connectivity index (χ3n) is 4.96. The van der Waals surface area contributed by atoms with Gasteiger partial charge in [0.2, 0.25) is 0 Å². The number of carbonyl (C=O) groups excluding carboxylic acids is 1. The van der Waals surface area contributed by atoms with Gasteiger partial charge in [0.05, 0.1) is 0 Å². The Hall–Kier alpha value is -0.770. The zero-order chi connectivity index (χ0) is 16.2. The van der Waals surface area contributed by atoms with Gasteiger partial charge in [-0.1, -0.05) is 32.6 Å². The van der Waals surface area contributed by atoms with Gasteiger partial charge in [0.1, 0.15) is 5.60 Å². The first-order valence-corrected chi connectivity index (χ1v) is 9.05. The number of nitrogens with one attached hydrogen (secondary N) is 1. The van der Waals surface area contributed by atoms with Gasteiger partial charge < -0.3 is 15.0 Å². The molecule has 0 aromatic rings. The fourth-order valence-corrected chi connectivity index (χ4v) is 3.53. The second-order valence-corrected chi connectivity index (χ2v) is 8.28. The molecule has 1 amide bonds. The van der Waals surface area contributed by atoms with E-state index in [9.17, 15) is 4.79 Å². The molecule has 128 valence electrons. The van der Waals surface area contributed by atoms with Gasteiger partial charge in [-0.2, -0.15) is 0 Å². The fraction of sp³-hybridized carbons (Fsp3) is 0.944. The highest BCUT2D eigenvalue weighted by Crippen LogP contribution is 2.30. The summed E-state index contributed by atoms with van der Waals surface area (Å²) in [5, 5.41) is 3.64. The van der Waals surface area contributed by atoms with Gasteiger partial charge in [-0.15, -0.1) is 0 Å². The van der Waals surface area contributed by atoms with Gasteiger partial charge in [-0.25, -0.2) is 4.79 Å². The molecule has 0 bridgehead atoms. The largest absolute Gasteiger partial charge is 0.444 e. The predicted molar refractivity (Wildman–Crippen MR) is 90.0 cm³/mol. The van der Waals surface area contributed by atoms with Crippen molar-refractivity contribution in [2.24, 2.45) is 11.8 Å². The summed E-state index contributed by atoms with van der Waals surface area (Å²) in [5.74, 6) is 1.84. The smallest absolute Gasteiger partial charge is 0.410 e. The lowest BCUT2D eigenvalue weighted by molar-refractivity contribution is 0.0291. The first-order chi connectivity index (χ1) is 10.3. The Morgan fingerprint density at radius 3 is 2.50 bits per heavy atom. The Labute approximate surface area is 136 Å². The SMILES string of the molecule is CC1CCC(CCNC2CCN(C(=O)OC(C)(C)C)C2)CC1. The quantitative estimate of drug-likeness (QED) is 0.858. The van der Waals surface area contributed by atoms with Crippen LogP contribution in [0.2, 0.25) is 0 Å². The molecule has 1 aliphatic carbocycles. The number of nitrogens with zero attached hydrogens (tertiary/aromatic N) is 1. The minimum Gasteiger partial charge on any atom is -0.444 e. The number of amides is 1. The molecule has 4 heteroatoms. The van der Waals surface area contributed by atoms with Crippen molar-refractivity contribution in [1.29, 1.82) is 0 Å². The van der Waals surface area contributed by atoms with Crippen LogP contribution in [0.15, 0.2) is 0 Å². The van der Waals surface area contributed by atoms with Crippen LogP contribution in [-0.4, -0.2) is 42.3 Å². The van der Waals surface area contributed by atoms with Crippen LogP contribution in [0.5, 0.6) is 0 Å². The first kappa shape index (κ1) is 17.6. The highest BCUT2D eigenvalue weighted by atomic mass is 16.6. The van der Waals surface area contributed by atoms with Gasteiger partial charge in [-0.3, -0.25) is 0 Å². The van der Waals surface area contributed by atoms with Crippen molar-refractivity contribution in [1.82, 2.24) is 10.2 Å². The van der Waals surface area contributed by atoms with E-state index in [1.165, 1.54) is 32.1 Å². The van der Waals surface area contributed by atoms with Crippen LogP contribution in [0.1, 0.15) is 66.2 Å². The molecule has 1 N–H and O–H groups in total. The lowest BCUT2D eigenvalue weighted by atomic mass is 9.81. The van der Waals surface area contributed by atoms with Crippen LogP contribution in [0, 0.1) is 11.8 Å². The van der Waals surface area contributed by atoms with Crippen LogP contribution in [0.3, 0.4) is 0 Å². The van der Waals surface area contributed by atoms with Crippen molar-refractivity contribution in [2.75, 3.05) is 19.6 Å². The first-order valence-electron chi connectivity index (χ1n) is 9.05. The molecule has 4 nitrogen and oxygen atoms in total. The average Bonchev–Trinajstić information content (AvgIpc) is 2.88. The number of rotatable bonds is 4. The number of ether oxygens (including phenoxy) is 1. The summed E-state index contributed by atoms with van der Waals surface area (Å²) >= 11 is 0. The molecule has 1 atom stereocenters. The standard InChI is InChI=1S/C18H34N2O2/c1-14-5-7-15(8-6-14)9-11-19-16-10-12-20(13-16)17(21)22-18(2,3)4/h14-16,19H,5-13H2,1-4H3. The highest BCUT2D eigenvalue weighted by Gasteiger charge is 2.29. The monoisotopic (exact) mass is 310 g/mol. The third-order valence-corrected chi connectivity index (χ3v) is 4.96. The summed E-state index contributed by atoms with van der Waals surface area (Å²) in [6, 6.07) is 0.440. The molecule has 0 radical (unpaired) electrons. The maximum atomic E-state index is 12.0. The molecule has 1 saturated carbocycles. The van der Waals surface area contributed by atoms with E-state index in [0.717, 1.165) is 37.9 Å². The van der Waals surface area contributed by atoms with E-state index in [1.807, 2.05) is 25.7 Å². The molecular formula is C18H34N2O2. The Morgan fingerprint density at radius 1 is 1.18 bits per heavy atom. The maximum Gasteiger partial charge on any atom is 0.410 e. The molecular weight excluding hydrogens is 276 g/mol. The lowest BCUT2D eigenvalue weighted by Crippen LogP contribution is -2.38. The molecule has 22 heavy (non-hydrogen) atoms. The van der Waals surface area contributed by atoms with Crippen LogP contribution >= 0.6 is 0 Å². The number of hydrogen-bond donors (Lipinski definition) is 1. The average molecular weight is 310 g/mol. The summed E-state index contributed by atoms with van der Waals surface area (Å²) in [6.45, 7) is 10.8. The van der Waals surface area contributed by atoms with Crippen LogP contribution in [-0.2, 0) is 4.74 Å². The second-order valence-electron chi connectivity index (χ2n) is 8.28. The van der Waals surface area contributed by atoms with Gasteiger partial charge in [0.25, 0.3) is 0 Å². The molecule has 0 spiro atoms. The van der Waals surface area contributed by atoms with Crippen molar-refractivity contribution in [3.8, 4) is 0 Å². The molecule has 0 aromatic carbocycles. The Kier molecular flexibility index (Phi) is 6.13. The molecule has 2 fully saturated rings. The number of hydrogen-bond acceptors (Lipinski definition) is 3. The van der Waals surface area contributed by atoms with Crippen molar-refractivity contribution >= 4 is 6.09 Å². The summed E-state index contributed by atoms with van der Waals surface area (Å²) in [4.78, 5) is 13.9. The summed E-state index contributed by atoms with van der Waals surface area (Å²) in [7, 11) is 0. The van der Waals surface area contributed by atoms with Gasteiger partial charge in [0, 0.05) is 19.1 Å². The maximum absolute atomic E-state index is 12.0. The van der Waals surface area contributed by atoms with E-state index >= 15 is 0 Å². The number of carbonyl (C=O) groups is 1. The van der Waals surface area contributed by atoms with Crippen molar-refractivity contribution in [3.63, 3.8) is 0 Å². The highest BCUT2D eigenvalue weighted by molar-refractivity contribution is 5.68. The molecule has 1 heterocycles. The number of likely N-dealkylation sites (tertiary alicyclic amines) is 1. The zero-order valence-electron chi connectivity index (χ0n) is 14.9. The van der Waals surface area contributed by atoms with E-state index in [4.69, 9.17) is 4.74 Å². The summed E-state index contributed by atoms with van der Waals surface area (Å²) in [5.41, 5.74) is -0.402. The Balaban J connectivity index is 1.61. The van der Waals surface area contributed by atoms with Crippen LogP contribution in [0.4, 0.5) is 4.79 Å². The van der Waals surface area contributed by atoms with Gasteiger partial charge in [0.15, 0.2) is 0 Å². The fourth-order valence-electron chi connectivity index (χ4n) is 3.53. The second kappa shape index (κ2) is 7.67. The topological polar surface area (TPSA) is 41.6 Å².